The molecule has 0 aliphatic carbocycles. The number of ether oxygens (including phenoxy) is 1. The van der Waals surface area contributed by atoms with Crippen molar-refractivity contribution in [3.63, 3.8) is 0 Å². The van der Waals surface area contributed by atoms with Crippen LogP contribution in [0.25, 0.3) is 0 Å². The largest absolute Gasteiger partial charge is 1.00 e. The Labute approximate surface area is 130 Å². The van der Waals surface area contributed by atoms with Crippen LogP contribution in [0.4, 0.5) is 0 Å². The zero-order valence-corrected chi connectivity index (χ0v) is 12.5. The summed E-state index contributed by atoms with van der Waals surface area (Å²) in [7, 11) is 0. The first kappa shape index (κ1) is 20.5. The van der Waals surface area contributed by atoms with E-state index < -0.39 is 30.4 Å². The fourth-order valence-corrected chi connectivity index (χ4v) is 0.513. The summed E-state index contributed by atoms with van der Waals surface area (Å²) in [5.74, 6) is -4.47. The Morgan fingerprint density at radius 1 is 1.27 bits per heavy atom. The number of hydrogen-bond donors (Lipinski definition) is 0. The first-order valence-electron chi connectivity index (χ1n) is 3.21. The van der Waals surface area contributed by atoms with E-state index in [2.05, 4.69) is 11.3 Å². The number of carbonyl (C=O) groups excluding carboxylic acids is 3. The van der Waals surface area contributed by atoms with Gasteiger partial charge in [0.1, 0.15) is 6.10 Å². The Bertz CT molecular complexity index is 252. The van der Waals surface area contributed by atoms with Crippen molar-refractivity contribution in [3.05, 3.63) is 12.7 Å². The molecule has 0 fully saturated rings. The van der Waals surface area contributed by atoms with Gasteiger partial charge in [0.2, 0.25) is 0 Å². The van der Waals surface area contributed by atoms with Crippen molar-refractivity contribution < 1.29 is 88.4 Å². The summed E-state index contributed by atoms with van der Waals surface area (Å²) in [4.78, 5) is 30.6. The second kappa shape index (κ2) is 10.7. The molecule has 0 aromatic heterocycles. The fraction of sp³-hybridized carbons (Fsp3) is 0.286. The Hall–Kier alpha value is 0.150. The van der Waals surface area contributed by atoms with Crippen molar-refractivity contribution in [2.75, 3.05) is 0 Å². The molecule has 0 saturated heterocycles. The second-order valence-electron chi connectivity index (χ2n) is 2.02. The summed E-state index contributed by atoms with van der Waals surface area (Å²) in [6.45, 7) is 3.00. The van der Waals surface area contributed by atoms with Gasteiger partial charge in [-0.15, -0.1) is 0 Å². The first-order chi connectivity index (χ1) is 5.97. The van der Waals surface area contributed by atoms with E-state index in [1.54, 1.807) is 0 Å². The molecule has 0 heterocycles. The molecule has 1 atom stereocenters. The molecule has 0 aliphatic rings. The van der Waals surface area contributed by atoms with Crippen molar-refractivity contribution in [2.45, 2.75) is 12.5 Å². The molecule has 1 unspecified atom stereocenters. The van der Waals surface area contributed by atoms with Crippen LogP contribution in [-0.2, 0) is 19.1 Å². The normalized spacial score (nSPS) is 9.87. The topological polar surface area (TPSA) is 107 Å². The summed E-state index contributed by atoms with van der Waals surface area (Å²) in [5, 5.41) is 20.1. The minimum Gasteiger partial charge on any atom is -0.550 e. The molecule has 15 heavy (non-hydrogen) atoms. The van der Waals surface area contributed by atoms with Crippen LogP contribution in [0.5, 0.6) is 0 Å². The third-order valence-corrected chi connectivity index (χ3v) is 1.04. The molecule has 6 nitrogen and oxygen atoms in total. The molecule has 0 N–H and O–H groups in total. The molecular weight excluding hydrogens is 226 g/mol. The third-order valence-electron chi connectivity index (χ3n) is 1.04. The van der Waals surface area contributed by atoms with Gasteiger partial charge in [-0.05, 0) is 0 Å². The summed E-state index contributed by atoms with van der Waals surface area (Å²) < 4.78 is 4.13. The molecule has 0 bridgehead atoms. The molecule has 0 amide bonds. The second-order valence-corrected chi connectivity index (χ2v) is 2.02. The maximum absolute atomic E-state index is 10.5. The van der Waals surface area contributed by atoms with Gasteiger partial charge in [0, 0.05) is 18.5 Å². The minimum absolute atomic E-state index is 0. The molecule has 0 saturated carbocycles. The maximum Gasteiger partial charge on any atom is 1.00 e. The summed E-state index contributed by atoms with van der Waals surface area (Å²) >= 11 is 0. The average molecular weight is 232 g/mol. The van der Waals surface area contributed by atoms with Gasteiger partial charge in [-0.1, -0.05) is 6.58 Å². The average Bonchev–Trinajstić information content (AvgIpc) is 2.02. The third kappa shape index (κ3) is 10.4. The number of carboxylic acids is 2. The molecule has 8 heteroatoms. The van der Waals surface area contributed by atoms with Gasteiger partial charge in [0.15, 0.2) is 0 Å². The van der Waals surface area contributed by atoms with Crippen molar-refractivity contribution in [2.24, 2.45) is 0 Å². The van der Waals surface area contributed by atoms with Crippen LogP contribution >= 0.6 is 0 Å². The smallest absolute Gasteiger partial charge is 0.550 e. The van der Waals surface area contributed by atoms with E-state index in [-0.39, 0.29) is 59.1 Å². The van der Waals surface area contributed by atoms with Crippen LogP contribution in [0.1, 0.15) is 6.42 Å². The van der Waals surface area contributed by atoms with Gasteiger partial charge in [-0.25, -0.2) is 4.79 Å². The zero-order valence-electron chi connectivity index (χ0n) is 8.52. The van der Waals surface area contributed by atoms with Crippen molar-refractivity contribution in [3.8, 4) is 0 Å². The van der Waals surface area contributed by atoms with Crippen LogP contribution < -0.4 is 69.3 Å². The number of aliphatic carboxylic acids is 2. The monoisotopic (exact) mass is 232 g/mol. The number of carbonyl (C=O) groups is 3. The van der Waals surface area contributed by atoms with Gasteiger partial charge >= 0.3 is 65.1 Å². The maximum atomic E-state index is 10.5. The van der Waals surface area contributed by atoms with E-state index in [9.17, 15) is 24.6 Å². The van der Waals surface area contributed by atoms with Gasteiger partial charge in [0.05, 0.1) is 5.97 Å². The van der Waals surface area contributed by atoms with E-state index >= 15 is 0 Å². The molecule has 0 radical (unpaired) electrons. The minimum atomic E-state index is -1.84. The van der Waals surface area contributed by atoms with Crippen molar-refractivity contribution in [1.82, 2.24) is 0 Å². The number of carboxylic acid groups (broad SMARTS) is 2. The molecule has 0 spiro atoms. The Morgan fingerprint density at radius 3 is 2.00 bits per heavy atom. The van der Waals surface area contributed by atoms with Crippen molar-refractivity contribution >= 4 is 17.9 Å². The van der Waals surface area contributed by atoms with Gasteiger partial charge < -0.3 is 24.5 Å². The predicted molar refractivity (Wildman–Crippen MR) is 34.7 cm³/mol. The van der Waals surface area contributed by atoms with Crippen LogP contribution in [0.2, 0.25) is 0 Å². The van der Waals surface area contributed by atoms with Gasteiger partial charge in [-0.2, -0.15) is 0 Å². The van der Waals surface area contributed by atoms with E-state index in [0.717, 1.165) is 0 Å². The molecule has 0 aliphatic heterocycles. The van der Waals surface area contributed by atoms with Crippen molar-refractivity contribution in [1.29, 1.82) is 0 Å². The van der Waals surface area contributed by atoms with Crippen LogP contribution in [0, 0.1) is 0 Å². The molecule has 72 valence electrons. The van der Waals surface area contributed by atoms with E-state index in [4.69, 9.17) is 0 Å². The summed E-state index contributed by atoms with van der Waals surface area (Å²) in [6, 6.07) is 0. The Morgan fingerprint density at radius 2 is 1.73 bits per heavy atom. The summed E-state index contributed by atoms with van der Waals surface area (Å²) in [6.07, 6.45) is -2.07. The quantitative estimate of drug-likeness (QED) is 0.264. The summed E-state index contributed by atoms with van der Waals surface area (Å²) in [5.41, 5.74) is 0. The van der Waals surface area contributed by atoms with Gasteiger partial charge in [0.25, 0.3) is 0 Å². The van der Waals surface area contributed by atoms with Crippen LogP contribution in [0.15, 0.2) is 12.7 Å². The molecule has 0 aromatic rings. The first-order valence-corrected chi connectivity index (χ1v) is 3.21. The Balaban J connectivity index is -0.000000720. The van der Waals surface area contributed by atoms with Crippen LogP contribution in [-0.4, -0.2) is 24.0 Å². The molecular formula is C7H6Na2O6. The number of esters is 1. The van der Waals surface area contributed by atoms with E-state index in [1.807, 2.05) is 0 Å². The Kier molecular flexibility index (Phi) is 14.6. The van der Waals surface area contributed by atoms with Crippen LogP contribution in [0.3, 0.4) is 0 Å². The van der Waals surface area contributed by atoms with Gasteiger partial charge in [-0.3, -0.25) is 0 Å². The molecule has 0 rings (SSSR count). The standard InChI is InChI=1S/C7H8O6.2Na/c1-2-6(10)13-4(7(11)12)3-5(8)9;;/h2,4H,1,3H2,(H,8,9)(H,11,12);;/q;2*+1/p-2. The molecule has 0 aromatic carbocycles. The number of rotatable bonds is 5. The van der Waals surface area contributed by atoms with E-state index in [0.29, 0.717) is 6.08 Å². The fourth-order valence-electron chi connectivity index (χ4n) is 0.513. The SMILES string of the molecule is C=CC(=O)OC(CC(=O)[O-])C(=O)[O-].[Na+].[Na+]. The van der Waals surface area contributed by atoms with E-state index in [1.165, 1.54) is 0 Å². The zero-order chi connectivity index (χ0) is 10.4. The number of hydrogen-bond acceptors (Lipinski definition) is 6. The predicted octanol–water partition coefficient (Wildman–Crippen LogP) is -9.02.